The van der Waals surface area contributed by atoms with Crippen molar-refractivity contribution in [3.05, 3.63) is 83.4 Å². The van der Waals surface area contributed by atoms with Gasteiger partial charge in [-0.3, -0.25) is 9.69 Å². The smallest absolute Gasteiger partial charge is 0.253 e. The van der Waals surface area contributed by atoms with E-state index in [9.17, 15) is 4.79 Å². The van der Waals surface area contributed by atoms with Gasteiger partial charge in [-0.1, -0.05) is 24.3 Å². The molecule has 1 aliphatic heterocycles. The molecule has 1 amide bonds. The van der Waals surface area contributed by atoms with E-state index < -0.39 is 0 Å². The number of hydrogen-bond acceptors (Lipinski definition) is 5. The van der Waals surface area contributed by atoms with E-state index in [0.29, 0.717) is 17.7 Å². The van der Waals surface area contributed by atoms with Gasteiger partial charge < -0.3 is 4.90 Å². The fourth-order valence-electron chi connectivity index (χ4n) is 3.49. The van der Waals surface area contributed by atoms with Crippen molar-refractivity contribution in [2.45, 2.75) is 13.1 Å². The Morgan fingerprint density at radius 3 is 2.21 bits per heavy atom. The van der Waals surface area contributed by atoms with Crippen LogP contribution in [0.1, 0.15) is 27.0 Å². The molecule has 4 rings (SSSR count). The number of nitriles is 1. The first kappa shape index (κ1) is 18.8. The third kappa shape index (κ3) is 4.68. The normalized spacial score (nSPS) is 14.5. The zero-order valence-electron chi connectivity index (χ0n) is 16.1. The summed E-state index contributed by atoms with van der Waals surface area (Å²) in [5.74, 6) is 0.0790. The molecule has 1 aromatic heterocycles. The summed E-state index contributed by atoms with van der Waals surface area (Å²) in [4.78, 5) is 21.0. The molecule has 0 saturated carbocycles. The molecule has 0 N–H and O–H groups in total. The van der Waals surface area contributed by atoms with Crippen LogP contribution in [0.25, 0.3) is 0 Å². The van der Waals surface area contributed by atoms with Crippen LogP contribution >= 0.6 is 0 Å². The summed E-state index contributed by atoms with van der Waals surface area (Å²) in [6.07, 6.45) is 3.19. The van der Waals surface area contributed by atoms with Crippen LogP contribution in [-0.4, -0.2) is 56.7 Å². The molecular formula is C22H22N6O. The van der Waals surface area contributed by atoms with Crippen molar-refractivity contribution >= 4 is 5.91 Å². The highest BCUT2D eigenvalue weighted by Gasteiger charge is 2.22. The van der Waals surface area contributed by atoms with Crippen molar-refractivity contribution in [3.8, 4) is 6.07 Å². The highest BCUT2D eigenvalue weighted by atomic mass is 16.2. The van der Waals surface area contributed by atoms with Gasteiger partial charge in [0.05, 0.1) is 18.2 Å². The lowest BCUT2D eigenvalue weighted by molar-refractivity contribution is 0.0628. The molecule has 3 aromatic rings. The number of nitrogens with zero attached hydrogens (tertiary/aromatic N) is 6. The Hall–Kier alpha value is -3.50. The lowest BCUT2D eigenvalue weighted by Gasteiger charge is -2.34. The first-order valence-corrected chi connectivity index (χ1v) is 9.63. The quantitative estimate of drug-likeness (QED) is 0.671. The highest BCUT2D eigenvalue weighted by molar-refractivity contribution is 5.94. The van der Waals surface area contributed by atoms with E-state index in [0.717, 1.165) is 38.3 Å². The number of carbonyl (C=O) groups excluding carboxylic acids is 1. The van der Waals surface area contributed by atoms with Crippen molar-refractivity contribution in [2.24, 2.45) is 0 Å². The van der Waals surface area contributed by atoms with Gasteiger partial charge in [0.15, 0.2) is 0 Å². The highest BCUT2D eigenvalue weighted by Crippen LogP contribution is 2.13. The number of aromatic nitrogens is 3. The van der Waals surface area contributed by atoms with Gasteiger partial charge >= 0.3 is 0 Å². The third-order valence-corrected chi connectivity index (χ3v) is 5.16. The van der Waals surface area contributed by atoms with Crippen LogP contribution in [0.15, 0.2) is 61.2 Å². The van der Waals surface area contributed by atoms with Crippen LogP contribution in [-0.2, 0) is 13.1 Å². The Labute approximate surface area is 169 Å². The molecule has 146 valence electrons. The summed E-state index contributed by atoms with van der Waals surface area (Å²) in [5, 5.41) is 13.0. The van der Waals surface area contributed by atoms with Crippen LogP contribution in [0.4, 0.5) is 0 Å². The summed E-state index contributed by atoms with van der Waals surface area (Å²) < 4.78 is 1.75. The molecule has 2 heterocycles. The zero-order chi connectivity index (χ0) is 20.1. The molecule has 1 aliphatic rings. The summed E-state index contributed by atoms with van der Waals surface area (Å²) in [7, 11) is 0. The van der Waals surface area contributed by atoms with Gasteiger partial charge in [-0.25, -0.2) is 9.67 Å². The van der Waals surface area contributed by atoms with Gasteiger partial charge in [0.1, 0.15) is 12.7 Å². The van der Waals surface area contributed by atoms with Gasteiger partial charge in [-0.2, -0.15) is 10.4 Å². The Morgan fingerprint density at radius 2 is 1.59 bits per heavy atom. The van der Waals surface area contributed by atoms with E-state index in [1.807, 2.05) is 53.4 Å². The van der Waals surface area contributed by atoms with Crippen molar-refractivity contribution in [1.29, 1.82) is 5.26 Å². The summed E-state index contributed by atoms with van der Waals surface area (Å²) in [6, 6.07) is 17.5. The van der Waals surface area contributed by atoms with Gasteiger partial charge in [-0.05, 0) is 35.4 Å². The lowest BCUT2D eigenvalue weighted by Crippen LogP contribution is -2.48. The van der Waals surface area contributed by atoms with E-state index in [1.165, 1.54) is 11.9 Å². The number of rotatable bonds is 5. The molecule has 0 spiro atoms. The molecule has 7 heteroatoms. The van der Waals surface area contributed by atoms with Crippen molar-refractivity contribution in [2.75, 3.05) is 26.2 Å². The molecular weight excluding hydrogens is 364 g/mol. The van der Waals surface area contributed by atoms with Gasteiger partial charge in [0.25, 0.3) is 5.91 Å². The summed E-state index contributed by atoms with van der Waals surface area (Å²) >= 11 is 0. The molecule has 1 fully saturated rings. The number of piperazine rings is 1. The molecule has 0 unspecified atom stereocenters. The Bertz CT molecular complexity index is 981. The molecule has 0 bridgehead atoms. The second-order valence-electron chi connectivity index (χ2n) is 7.17. The predicted molar refractivity (Wildman–Crippen MR) is 108 cm³/mol. The third-order valence-electron chi connectivity index (χ3n) is 5.16. The minimum absolute atomic E-state index is 0.0790. The average Bonchev–Trinajstić information content (AvgIpc) is 3.28. The number of benzene rings is 2. The van der Waals surface area contributed by atoms with Gasteiger partial charge in [-0.15, -0.1) is 0 Å². The van der Waals surface area contributed by atoms with Crippen molar-refractivity contribution in [3.63, 3.8) is 0 Å². The number of amides is 1. The molecule has 0 radical (unpaired) electrons. The monoisotopic (exact) mass is 386 g/mol. The van der Waals surface area contributed by atoms with E-state index in [4.69, 9.17) is 5.26 Å². The molecule has 7 nitrogen and oxygen atoms in total. The van der Waals surface area contributed by atoms with E-state index in [-0.39, 0.29) is 5.91 Å². The van der Waals surface area contributed by atoms with E-state index >= 15 is 0 Å². The Balaban J connectivity index is 1.29. The van der Waals surface area contributed by atoms with E-state index in [1.54, 1.807) is 11.0 Å². The molecule has 0 aliphatic carbocycles. The molecule has 1 saturated heterocycles. The maximum atomic E-state index is 12.8. The fraction of sp³-hybridized carbons (Fsp3) is 0.273. The first-order valence-electron chi connectivity index (χ1n) is 9.63. The van der Waals surface area contributed by atoms with Crippen molar-refractivity contribution < 1.29 is 4.79 Å². The van der Waals surface area contributed by atoms with Crippen LogP contribution in [0.5, 0.6) is 0 Å². The molecule has 0 atom stereocenters. The zero-order valence-corrected chi connectivity index (χ0v) is 16.1. The SMILES string of the molecule is N#Cc1ccc(CN2CCN(C(=O)c3ccc(Cn4cncn4)cc3)CC2)cc1. The minimum Gasteiger partial charge on any atom is -0.336 e. The van der Waals surface area contributed by atoms with Gasteiger partial charge in [0, 0.05) is 38.3 Å². The van der Waals surface area contributed by atoms with Crippen LogP contribution in [0, 0.1) is 11.3 Å². The van der Waals surface area contributed by atoms with Gasteiger partial charge in [0.2, 0.25) is 0 Å². The lowest BCUT2D eigenvalue weighted by atomic mass is 10.1. The maximum Gasteiger partial charge on any atom is 0.253 e. The molecule has 29 heavy (non-hydrogen) atoms. The Kier molecular flexibility index (Phi) is 5.63. The van der Waals surface area contributed by atoms with Crippen LogP contribution < -0.4 is 0 Å². The topological polar surface area (TPSA) is 78.0 Å². The maximum absolute atomic E-state index is 12.8. The number of carbonyl (C=O) groups is 1. The largest absolute Gasteiger partial charge is 0.336 e. The fourth-order valence-corrected chi connectivity index (χ4v) is 3.49. The summed E-state index contributed by atoms with van der Waals surface area (Å²) in [6.45, 7) is 4.60. The average molecular weight is 386 g/mol. The minimum atomic E-state index is 0.0790. The summed E-state index contributed by atoms with van der Waals surface area (Å²) in [5.41, 5.74) is 3.66. The van der Waals surface area contributed by atoms with E-state index in [2.05, 4.69) is 21.1 Å². The van der Waals surface area contributed by atoms with Crippen molar-refractivity contribution in [1.82, 2.24) is 24.6 Å². The van der Waals surface area contributed by atoms with Crippen LogP contribution in [0.3, 0.4) is 0 Å². The second-order valence-corrected chi connectivity index (χ2v) is 7.17. The standard InChI is InChI=1S/C22H22N6O/c23-13-18-1-3-19(4-2-18)14-26-9-11-27(12-10-26)22(29)21-7-5-20(6-8-21)15-28-17-24-16-25-28/h1-8,16-17H,9-12,14-15H2. The first-order chi connectivity index (χ1) is 14.2. The predicted octanol–water partition coefficient (Wildman–Crippen LogP) is 2.16. The van der Waals surface area contributed by atoms with Crippen LogP contribution in [0.2, 0.25) is 0 Å². The Morgan fingerprint density at radius 1 is 0.931 bits per heavy atom. The second kappa shape index (κ2) is 8.67. The molecule has 2 aromatic carbocycles. The number of hydrogen-bond donors (Lipinski definition) is 0.